The first-order valence-corrected chi connectivity index (χ1v) is 10.5. The Labute approximate surface area is 163 Å². The first-order chi connectivity index (χ1) is 13.2. The van der Waals surface area contributed by atoms with E-state index in [-0.39, 0.29) is 12.0 Å². The maximum atomic E-state index is 12.2. The van der Waals surface area contributed by atoms with Gasteiger partial charge in [-0.3, -0.25) is 0 Å². The molecule has 1 saturated heterocycles. The number of esters is 1. The van der Waals surface area contributed by atoms with Crippen LogP contribution >= 0.6 is 0 Å². The molecule has 27 heavy (non-hydrogen) atoms. The number of hydrogen-bond acceptors (Lipinski definition) is 5. The highest BCUT2D eigenvalue weighted by Crippen LogP contribution is 2.25. The fourth-order valence-electron chi connectivity index (χ4n) is 3.21. The number of phenolic OH excluding ortho intramolecular Hbond substituents is 1. The molecule has 0 saturated carbocycles. The number of rotatable bonds is 12. The predicted molar refractivity (Wildman–Crippen MR) is 105 cm³/mol. The Morgan fingerprint density at radius 2 is 1.81 bits per heavy atom. The van der Waals surface area contributed by atoms with Crippen LogP contribution in [-0.2, 0) is 9.47 Å². The highest BCUT2D eigenvalue weighted by molar-refractivity contribution is 5.90. The molecule has 0 spiro atoms. The Balaban J connectivity index is 1.69. The zero-order chi connectivity index (χ0) is 19.3. The van der Waals surface area contributed by atoms with Crippen LogP contribution in [0.5, 0.6) is 11.5 Å². The van der Waals surface area contributed by atoms with E-state index in [1.165, 1.54) is 50.7 Å². The van der Waals surface area contributed by atoms with Crippen LogP contribution in [0.3, 0.4) is 0 Å². The summed E-state index contributed by atoms with van der Waals surface area (Å²) in [5.74, 6) is -0.00785. The fourth-order valence-corrected chi connectivity index (χ4v) is 3.21. The van der Waals surface area contributed by atoms with Crippen molar-refractivity contribution in [2.75, 3.05) is 13.2 Å². The van der Waals surface area contributed by atoms with E-state index in [1.54, 1.807) is 6.07 Å². The van der Waals surface area contributed by atoms with Crippen molar-refractivity contribution in [1.82, 2.24) is 0 Å². The zero-order valence-corrected chi connectivity index (χ0v) is 16.6. The fraction of sp³-hybridized carbons (Fsp3) is 0.682. The van der Waals surface area contributed by atoms with Crippen molar-refractivity contribution in [2.45, 2.75) is 83.8 Å². The largest absolute Gasteiger partial charge is 0.508 e. The summed E-state index contributed by atoms with van der Waals surface area (Å²) < 4.78 is 16.6. The summed E-state index contributed by atoms with van der Waals surface area (Å²) in [4.78, 5) is 12.2. The minimum absolute atomic E-state index is 0.0117. The SMILES string of the molecule is CCCCCCCCCCOC(=O)c1cc(O)cc(OC2CCCCO2)c1. The summed E-state index contributed by atoms with van der Waals surface area (Å²) in [6, 6.07) is 4.51. The van der Waals surface area contributed by atoms with Crippen LogP contribution < -0.4 is 4.74 Å². The predicted octanol–water partition coefficient (Wildman–Crippen LogP) is 5.60. The molecule has 0 aliphatic carbocycles. The molecule has 0 bridgehead atoms. The molecular weight excluding hydrogens is 344 g/mol. The Hall–Kier alpha value is -1.75. The molecule has 1 atom stereocenters. The second-order valence-corrected chi connectivity index (χ2v) is 7.24. The van der Waals surface area contributed by atoms with Crippen molar-refractivity contribution in [3.63, 3.8) is 0 Å². The zero-order valence-electron chi connectivity index (χ0n) is 16.6. The van der Waals surface area contributed by atoms with Crippen molar-refractivity contribution >= 4 is 5.97 Å². The molecule has 0 amide bonds. The van der Waals surface area contributed by atoms with Gasteiger partial charge in [0.2, 0.25) is 0 Å². The topological polar surface area (TPSA) is 65.0 Å². The Kier molecular flexibility index (Phi) is 10.1. The third-order valence-corrected chi connectivity index (χ3v) is 4.76. The number of phenols is 1. The monoisotopic (exact) mass is 378 g/mol. The standard InChI is InChI=1S/C22H34O5/c1-2-3-4-5-6-7-8-10-14-26-22(24)18-15-19(23)17-20(16-18)27-21-12-9-11-13-25-21/h15-17,21,23H,2-14H2,1H3. The maximum Gasteiger partial charge on any atom is 0.338 e. The van der Waals surface area contributed by atoms with Gasteiger partial charge in [0.1, 0.15) is 11.5 Å². The number of ether oxygens (including phenoxy) is 3. The number of aromatic hydroxyl groups is 1. The molecule has 1 heterocycles. The van der Waals surface area contributed by atoms with Crippen molar-refractivity contribution in [1.29, 1.82) is 0 Å². The quantitative estimate of drug-likeness (QED) is 0.379. The number of carbonyl (C=O) groups is 1. The molecule has 1 fully saturated rings. The molecule has 1 N–H and O–H groups in total. The van der Waals surface area contributed by atoms with Gasteiger partial charge in [0.25, 0.3) is 0 Å². The van der Waals surface area contributed by atoms with Gasteiger partial charge in [-0.25, -0.2) is 4.79 Å². The van der Waals surface area contributed by atoms with E-state index in [2.05, 4.69) is 6.92 Å². The van der Waals surface area contributed by atoms with Crippen molar-refractivity contribution < 1.29 is 24.1 Å². The van der Waals surface area contributed by atoms with Gasteiger partial charge in [-0.15, -0.1) is 0 Å². The lowest BCUT2D eigenvalue weighted by Gasteiger charge is -2.23. The second kappa shape index (κ2) is 12.6. The molecule has 5 heteroatoms. The summed E-state index contributed by atoms with van der Waals surface area (Å²) in [5, 5.41) is 9.87. The minimum Gasteiger partial charge on any atom is -0.508 e. The molecular formula is C22H34O5. The van der Waals surface area contributed by atoms with Gasteiger partial charge >= 0.3 is 5.97 Å². The van der Waals surface area contributed by atoms with Crippen LogP contribution in [0.15, 0.2) is 18.2 Å². The number of unbranched alkanes of at least 4 members (excludes halogenated alkanes) is 7. The number of benzene rings is 1. The van der Waals surface area contributed by atoms with E-state index in [4.69, 9.17) is 14.2 Å². The molecule has 1 unspecified atom stereocenters. The molecule has 0 radical (unpaired) electrons. The molecule has 1 aliphatic rings. The van der Waals surface area contributed by atoms with Gasteiger partial charge in [-0.05, 0) is 31.4 Å². The average Bonchev–Trinajstić information content (AvgIpc) is 2.67. The lowest BCUT2D eigenvalue weighted by atomic mass is 10.1. The number of hydrogen-bond donors (Lipinski definition) is 1. The number of carbonyl (C=O) groups excluding carboxylic acids is 1. The molecule has 1 aliphatic heterocycles. The smallest absolute Gasteiger partial charge is 0.338 e. The van der Waals surface area contributed by atoms with Crippen LogP contribution in [0.4, 0.5) is 0 Å². The first kappa shape index (κ1) is 21.5. The van der Waals surface area contributed by atoms with Gasteiger partial charge < -0.3 is 19.3 Å². The Bertz CT molecular complexity index is 552. The Morgan fingerprint density at radius 3 is 2.52 bits per heavy atom. The van der Waals surface area contributed by atoms with E-state index in [9.17, 15) is 9.90 Å². The molecule has 1 aromatic rings. The van der Waals surface area contributed by atoms with Gasteiger partial charge in [-0.2, -0.15) is 0 Å². The Morgan fingerprint density at radius 1 is 1.07 bits per heavy atom. The van der Waals surface area contributed by atoms with E-state index >= 15 is 0 Å². The van der Waals surface area contributed by atoms with Gasteiger partial charge in [0, 0.05) is 12.5 Å². The highest BCUT2D eigenvalue weighted by atomic mass is 16.7. The first-order valence-electron chi connectivity index (χ1n) is 10.5. The van der Waals surface area contributed by atoms with Crippen LogP contribution in [0.1, 0.15) is 87.9 Å². The molecule has 152 valence electrons. The van der Waals surface area contributed by atoms with Crippen molar-refractivity contribution in [2.24, 2.45) is 0 Å². The van der Waals surface area contributed by atoms with Crippen LogP contribution in [-0.4, -0.2) is 30.6 Å². The van der Waals surface area contributed by atoms with Gasteiger partial charge in [0.05, 0.1) is 18.8 Å². The van der Waals surface area contributed by atoms with Gasteiger partial charge in [-0.1, -0.05) is 51.9 Å². The third kappa shape index (κ3) is 8.65. The van der Waals surface area contributed by atoms with E-state index in [0.29, 0.717) is 24.5 Å². The van der Waals surface area contributed by atoms with E-state index in [0.717, 1.165) is 32.1 Å². The molecule has 5 nitrogen and oxygen atoms in total. The third-order valence-electron chi connectivity index (χ3n) is 4.76. The van der Waals surface area contributed by atoms with Crippen molar-refractivity contribution in [3.8, 4) is 11.5 Å². The molecule has 0 aromatic heterocycles. The lowest BCUT2D eigenvalue weighted by molar-refractivity contribution is -0.106. The summed E-state index contributed by atoms with van der Waals surface area (Å²) in [5.41, 5.74) is 0.306. The molecule has 1 aromatic carbocycles. The summed E-state index contributed by atoms with van der Waals surface area (Å²) in [6.45, 7) is 3.31. The van der Waals surface area contributed by atoms with Gasteiger partial charge in [0.15, 0.2) is 6.29 Å². The lowest BCUT2D eigenvalue weighted by Crippen LogP contribution is -2.25. The van der Waals surface area contributed by atoms with Crippen LogP contribution in [0.25, 0.3) is 0 Å². The highest BCUT2D eigenvalue weighted by Gasteiger charge is 2.17. The van der Waals surface area contributed by atoms with E-state index < -0.39 is 5.97 Å². The van der Waals surface area contributed by atoms with Crippen molar-refractivity contribution in [3.05, 3.63) is 23.8 Å². The summed E-state index contributed by atoms with van der Waals surface area (Å²) in [6.07, 6.45) is 12.2. The average molecular weight is 379 g/mol. The summed E-state index contributed by atoms with van der Waals surface area (Å²) >= 11 is 0. The van der Waals surface area contributed by atoms with Crippen LogP contribution in [0.2, 0.25) is 0 Å². The maximum absolute atomic E-state index is 12.2. The minimum atomic E-state index is -0.428. The van der Waals surface area contributed by atoms with E-state index in [1.807, 2.05) is 0 Å². The van der Waals surface area contributed by atoms with Crippen LogP contribution in [0, 0.1) is 0 Å². The molecule has 2 rings (SSSR count). The summed E-state index contributed by atoms with van der Waals surface area (Å²) in [7, 11) is 0. The normalized spacial score (nSPS) is 16.9. The second-order valence-electron chi connectivity index (χ2n) is 7.24.